The van der Waals surface area contributed by atoms with E-state index in [4.69, 9.17) is 10.5 Å². The lowest BCUT2D eigenvalue weighted by Crippen LogP contribution is -2.48. The highest BCUT2D eigenvalue weighted by Gasteiger charge is 2.33. The lowest BCUT2D eigenvalue weighted by atomic mass is 10.1. The summed E-state index contributed by atoms with van der Waals surface area (Å²) in [5.74, 6) is 0. The summed E-state index contributed by atoms with van der Waals surface area (Å²) in [6.45, 7) is 6.69. The van der Waals surface area contributed by atoms with Gasteiger partial charge in [0.1, 0.15) is 0 Å². The summed E-state index contributed by atoms with van der Waals surface area (Å²) in [4.78, 5) is 0.349. The average Bonchev–Trinajstić information content (AvgIpc) is 2.38. The third kappa shape index (κ3) is 3.03. The van der Waals surface area contributed by atoms with Crippen LogP contribution in [0.15, 0.2) is 23.1 Å². The first-order chi connectivity index (χ1) is 9.34. The van der Waals surface area contributed by atoms with Gasteiger partial charge in [-0.05, 0) is 38.0 Å². The summed E-state index contributed by atoms with van der Waals surface area (Å²) in [5, 5.41) is 0. The largest absolute Gasteiger partial charge is 0.373 e. The summed E-state index contributed by atoms with van der Waals surface area (Å²) in [6, 6.07) is 5.34. The second-order valence-electron chi connectivity index (χ2n) is 5.38. The van der Waals surface area contributed by atoms with E-state index in [1.807, 2.05) is 26.0 Å². The summed E-state index contributed by atoms with van der Waals surface area (Å²) in [7, 11) is -3.49. The summed E-state index contributed by atoms with van der Waals surface area (Å²) in [6.07, 6.45) is -0.182. The molecule has 1 aromatic rings. The molecule has 20 heavy (non-hydrogen) atoms. The number of morpholine rings is 1. The Morgan fingerprint density at radius 2 is 1.90 bits per heavy atom. The van der Waals surface area contributed by atoms with Crippen LogP contribution in [0.2, 0.25) is 0 Å². The van der Waals surface area contributed by atoms with Gasteiger partial charge in [0.25, 0.3) is 0 Å². The van der Waals surface area contributed by atoms with E-state index in [0.717, 1.165) is 11.1 Å². The molecule has 0 aliphatic carbocycles. The molecular weight excluding hydrogens is 276 g/mol. The molecule has 1 fully saturated rings. The van der Waals surface area contributed by atoms with E-state index < -0.39 is 10.0 Å². The van der Waals surface area contributed by atoms with Crippen LogP contribution in [0.3, 0.4) is 0 Å². The SMILES string of the molecule is Cc1ccc(CN)cc1S(=O)(=O)N1C[C@@H](C)O[C@@H](C)C1. The number of nitrogens with two attached hydrogens (primary N) is 1. The van der Waals surface area contributed by atoms with Crippen molar-refractivity contribution in [2.24, 2.45) is 5.73 Å². The number of sulfonamides is 1. The summed E-state index contributed by atoms with van der Waals surface area (Å²) in [5.41, 5.74) is 7.17. The second-order valence-corrected chi connectivity index (χ2v) is 7.29. The van der Waals surface area contributed by atoms with Gasteiger partial charge in [-0.15, -0.1) is 0 Å². The molecule has 1 aliphatic rings. The number of benzene rings is 1. The maximum absolute atomic E-state index is 12.8. The quantitative estimate of drug-likeness (QED) is 0.911. The first-order valence-corrected chi connectivity index (χ1v) is 8.23. The molecule has 2 N–H and O–H groups in total. The lowest BCUT2D eigenvalue weighted by Gasteiger charge is -2.34. The van der Waals surface area contributed by atoms with Crippen molar-refractivity contribution >= 4 is 10.0 Å². The molecule has 0 radical (unpaired) electrons. The topological polar surface area (TPSA) is 72.6 Å². The van der Waals surface area contributed by atoms with Gasteiger partial charge < -0.3 is 10.5 Å². The van der Waals surface area contributed by atoms with Crippen molar-refractivity contribution in [2.75, 3.05) is 13.1 Å². The van der Waals surface area contributed by atoms with Gasteiger partial charge in [-0.25, -0.2) is 8.42 Å². The van der Waals surface area contributed by atoms with Gasteiger partial charge in [0, 0.05) is 19.6 Å². The van der Waals surface area contributed by atoms with E-state index in [9.17, 15) is 8.42 Å². The van der Waals surface area contributed by atoms with E-state index in [0.29, 0.717) is 24.5 Å². The Balaban J connectivity index is 2.39. The third-order valence-corrected chi connectivity index (χ3v) is 5.47. The molecule has 0 spiro atoms. The van der Waals surface area contributed by atoms with Gasteiger partial charge in [0.15, 0.2) is 0 Å². The molecule has 0 amide bonds. The number of rotatable bonds is 3. The zero-order valence-electron chi connectivity index (χ0n) is 12.2. The molecule has 2 atom stereocenters. The Kier molecular flexibility index (Phi) is 4.49. The minimum atomic E-state index is -3.49. The Morgan fingerprint density at radius 1 is 1.30 bits per heavy atom. The Hall–Kier alpha value is -0.950. The maximum Gasteiger partial charge on any atom is 0.243 e. The fourth-order valence-electron chi connectivity index (χ4n) is 2.52. The molecule has 1 heterocycles. The van der Waals surface area contributed by atoms with Gasteiger partial charge in [0.05, 0.1) is 17.1 Å². The van der Waals surface area contributed by atoms with E-state index in [1.54, 1.807) is 13.0 Å². The van der Waals surface area contributed by atoms with Crippen molar-refractivity contribution in [3.8, 4) is 0 Å². The predicted octanol–water partition coefficient (Wildman–Crippen LogP) is 1.25. The standard InChI is InChI=1S/C14H22N2O3S/c1-10-4-5-13(7-15)6-14(10)20(17,18)16-8-11(2)19-12(3)9-16/h4-6,11-12H,7-9,15H2,1-3H3/t11-,12+. The van der Waals surface area contributed by atoms with Crippen LogP contribution in [0.4, 0.5) is 0 Å². The molecule has 0 aromatic heterocycles. The lowest BCUT2D eigenvalue weighted by molar-refractivity contribution is -0.0440. The Morgan fingerprint density at radius 3 is 2.45 bits per heavy atom. The average molecular weight is 298 g/mol. The second kappa shape index (κ2) is 5.81. The molecular formula is C14H22N2O3S. The molecule has 112 valence electrons. The van der Waals surface area contributed by atoms with Gasteiger partial charge in [-0.1, -0.05) is 12.1 Å². The first kappa shape index (κ1) is 15.4. The minimum absolute atomic E-state index is 0.0912. The van der Waals surface area contributed by atoms with E-state index in [-0.39, 0.29) is 12.2 Å². The van der Waals surface area contributed by atoms with Crippen molar-refractivity contribution in [1.82, 2.24) is 4.31 Å². The van der Waals surface area contributed by atoms with Crippen LogP contribution in [-0.4, -0.2) is 38.0 Å². The van der Waals surface area contributed by atoms with Crippen LogP contribution in [0.5, 0.6) is 0 Å². The number of hydrogen-bond donors (Lipinski definition) is 1. The Labute approximate surface area is 120 Å². The first-order valence-electron chi connectivity index (χ1n) is 6.79. The van der Waals surface area contributed by atoms with Gasteiger partial charge in [-0.3, -0.25) is 0 Å². The van der Waals surface area contributed by atoms with Crippen molar-refractivity contribution in [2.45, 2.75) is 44.4 Å². The smallest absolute Gasteiger partial charge is 0.243 e. The molecule has 1 saturated heterocycles. The van der Waals surface area contributed by atoms with E-state index in [1.165, 1.54) is 4.31 Å². The number of aryl methyl sites for hydroxylation is 1. The van der Waals surface area contributed by atoms with Gasteiger partial charge >= 0.3 is 0 Å². The highest BCUT2D eigenvalue weighted by molar-refractivity contribution is 7.89. The highest BCUT2D eigenvalue weighted by atomic mass is 32.2. The number of ether oxygens (including phenoxy) is 1. The van der Waals surface area contributed by atoms with Crippen LogP contribution in [0, 0.1) is 6.92 Å². The van der Waals surface area contributed by atoms with Crippen molar-refractivity contribution in [3.05, 3.63) is 29.3 Å². The molecule has 0 unspecified atom stereocenters. The molecule has 0 saturated carbocycles. The molecule has 1 aromatic carbocycles. The molecule has 6 heteroatoms. The molecule has 1 aliphatic heterocycles. The minimum Gasteiger partial charge on any atom is -0.373 e. The third-order valence-electron chi connectivity index (χ3n) is 3.49. The summed E-state index contributed by atoms with van der Waals surface area (Å²) >= 11 is 0. The van der Waals surface area contributed by atoms with Gasteiger partial charge in [-0.2, -0.15) is 4.31 Å². The van der Waals surface area contributed by atoms with Crippen molar-refractivity contribution < 1.29 is 13.2 Å². The van der Waals surface area contributed by atoms with Crippen LogP contribution in [0.25, 0.3) is 0 Å². The van der Waals surface area contributed by atoms with Gasteiger partial charge in [0.2, 0.25) is 10.0 Å². The predicted molar refractivity (Wildman–Crippen MR) is 77.8 cm³/mol. The highest BCUT2D eigenvalue weighted by Crippen LogP contribution is 2.24. The number of hydrogen-bond acceptors (Lipinski definition) is 4. The molecule has 0 bridgehead atoms. The molecule has 5 nitrogen and oxygen atoms in total. The zero-order chi connectivity index (χ0) is 14.9. The van der Waals surface area contributed by atoms with Crippen LogP contribution in [0.1, 0.15) is 25.0 Å². The van der Waals surface area contributed by atoms with Crippen LogP contribution in [-0.2, 0) is 21.3 Å². The maximum atomic E-state index is 12.8. The normalized spacial score (nSPS) is 24.8. The fraction of sp³-hybridized carbons (Fsp3) is 0.571. The summed E-state index contributed by atoms with van der Waals surface area (Å²) < 4.78 is 32.7. The Bertz CT molecular complexity index is 576. The monoisotopic (exact) mass is 298 g/mol. The zero-order valence-corrected chi connectivity index (χ0v) is 13.0. The van der Waals surface area contributed by atoms with E-state index in [2.05, 4.69) is 0 Å². The van der Waals surface area contributed by atoms with Crippen molar-refractivity contribution in [1.29, 1.82) is 0 Å². The molecule has 2 rings (SSSR count). The number of nitrogens with zero attached hydrogens (tertiary/aromatic N) is 1. The van der Waals surface area contributed by atoms with Crippen LogP contribution < -0.4 is 5.73 Å². The van der Waals surface area contributed by atoms with Crippen molar-refractivity contribution in [3.63, 3.8) is 0 Å². The van der Waals surface area contributed by atoms with E-state index >= 15 is 0 Å². The van der Waals surface area contributed by atoms with Crippen LogP contribution >= 0.6 is 0 Å². The fourth-order valence-corrected chi connectivity index (χ4v) is 4.38.